The molecule has 1 heterocycles. The van der Waals surface area contributed by atoms with Crippen molar-refractivity contribution >= 4 is 29.3 Å². The Hall–Kier alpha value is -2.08. The second-order valence-corrected chi connectivity index (χ2v) is 3.88. The smallest absolute Gasteiger partial charge is 0.309 e. The van der Waals surface area contributed by atoms with Crippen molar-refractivity contribution in [2.75, 3.05) is 5.32 Å². The predicted octanol–water partition coefficient (Wildman–Crippen LogP) is 2.84. The number of anilines is 2. The molecule has 7 heteroatoms. The summed E-state index contributed by atoms with van der Waals surface area (Å²) in [6.07, 6.45) is 1.01. The van der Waals surface area contributed by atoms with Crippen molar-refractivity contribution in [3.8, 4) is 0 Å². The van der Waals surface area contributed by atoms with Crippen LogP contribution in [0.5, 0.6) is 0 Å². The summed E-state index contributed by atoms with van der Waals surface area (Å²) in [5.41, 5.74) is 0.781. The average Bonchev–Trinajstić information content (AvgIpc) is 2.70. The van der Waals surface area contributed by atoms with Crippen LogP contribution in [-0.2, 0) is 11.2 Å². The fraction of sp³-hybridized carbons (Fsp3) is 0.0909. The van der Waals surface area contributed by atoms with Gasteiger partial charge >= 0.3 is 5.97 Å². The SMILES string of the molecule is O=C(O)Cc1coc(Nc2ccc(F)c(Cl)c2)n1. The lowest BCUT2D eigenvalue weighted by Crippen LogP contribution is -2.00. The molecule has 0 atom stereocenters. The number of nitrogens with zero attached hydrogens (tertiary/aromatic N) is 1. The zero-order valence-corrected chi connectivity index (χ0v) is 9.74. The quantitative estimate of drug-likeness (QED) is 0.893. The van der Waals surface area contributed by atoms with Crippen LogP contribution in [0.4, 0.5) is 16.1 Å². The van der Waals surface area contributed by atoms with E-state index in [0.717, 1.165) is 0 Å². The van der Waals surface area contributed by atoms with Crippen LogP contribution in [0.3, 0.4) is 0 Å². The Kier molecular flexibility index (Phi) is 3.47. The molecular weight excluding hydrogens is 263 g/mol. The van der Waals surface area contributed by atoms with Gasteiger partial charge in [-0.05, 0) is 18.2 Å². The first-order chi connectivity index (χ1) is 8.54. The number of carbonyl (C=O) groups is 1. The van der Waals surface area contributed by atoms with E-state index in [1.165, 1.54) is 24.5 Å². The minimum absolute atomic E-state index is 0.0303. The van der Waals surface area contributed by atoms with E-state index in [9.17, 15) is 9.18 Å². The van der Waals surface area contributed by atoms with Crippen LogP contribution in [0.25, 0.3) is 0 Å². The molecule has 0 fully saturated rings. The van der Waals surface area contributed by atoms with Crippen LogP contribution in [-0.4, -0.2) is 16.1 Å². The van der Waals surface area contributed by atoms with E-state index < -0.39 is 11.8 Å². The molecular formula is C11H8ClFN2O3. The average molecular weight is 271 g/mol. The van der Waals surface area contributed by atoms with Crippen molar-refractivity contribution < 1.29 is 18.7 Å². The number of nitrogens with one attached hydrogen (secondary N) is 1. The normalized spacial score (nSPS) is 10.3. The van der Waals surface area contributed by atoms with Crippen molar-refractivity contribution in [3.05, 3.63) is 41.0 Å². The molecule has 1 aromatic heterocycles. The van der Waals surface area contributed by atoms with Crippen LogP contribution in [0.15, 0.2) is 28.9 Å². The molecule has 18 heavy (non-hydrogen) atoms. The number of hydrogen-bond acceptors (Lipinski definition) is 4. The fourth-order valence-corrected chi connectivity index (χ4v) is 1.48. The monoisotopic (exact) mass is 270 g/mol. The highest BCUT2D eigenvalue weighted by atomic mass is 35.5. The van der Waals surface area contributed by atoms with E-state index in [-0.39, 0.29) is 17.5 Å². The number of carboxylic acid groups (broad SMARTS) is 1. The van der Waals surface area contributed by atoms with Gasteiger partial charge in [0.1, 0.15) is 12.1 Å². The largest absolute Gasteiger partial charge is 0.481 e. The Bertz CT molecular complexity index is 585. The molecule has 0 radical (unpaired) electrons. The molecule has 5 nitrogen and oxygen atoms in total. The molecule has 0 unspecified atom stereocenters. The van der Waals surface area contributed by atoms with E-state index in [0.29, 0.717) is 11.4 Å². The van der Waals surface area contributed by atoms with Crippen molar-refractivity contribution in [1.29, 1.82) is 0 Å². The third kappa shape index (κ3) is 2.98. The van der Waals surface area contributed by atoms with Gasteiger partial charge < -0.3 is 14.8 Å². The van der Waals surface area contributed by atoms with Gasteiger partial charge in [-0.2, -0.15) is 4.98 Å². The van der Waals surface area contributed by atoms with Gasteiger partial charge in [-0.1, -0.05) is 11.6 Å². The minimum atomic E-state index is -1.00. The van der Waals surface area contributed by atoms with Gasteiger partial charge in [0.05, 0.1) is 17.1 Å². The van der Waals surface area contributed by atoms with Gasteiger partial charge in [-0.25, -0.2) is 4.39 Å². The number of carboxylic acids is 1. The summed E-state index contributed by atoms with van der Waals surface area (Å²) in [5.74, 6) is -1.53. The fourth-order valence-electron chi connectivity index (χ4n) is 1.30. The number of halogens is 2. The summed E-state index contributed by atoms with van der Waals surface area (Å²) in [6.45, 7) is 0. The van der Waals surface area contributed by atoms with Gasteiger partial charge in [0.2, 0.25) is 0 Å². The van der Waals surface area contributed by atoms with Crippen LogP contribution < -0.4 is 5.32 Å². The molecule has 0 amide bonds. The number of hydrogen-bond donors (Lipinski definition) is 2. The molecule has 2 N–H and O–H groups in total. The standard InChI is InChI=1S/C11H8ClFN2O3/c12-8-3-6(1-2-9(8)13)14-11-15-7(5-18-11)4-10(16)17/h1-3,5H,4H2,(H,14,15)(H,16,17). The first-order valence-electron chi connectivity index (χ1n) is 4.93. The van der Waals surface area contributed by atoms with Crippen molar-refractivity contribution in [3.63, 3.8) is 0 Å². The number of oxazole rings is 1. The van der Waals surface area contributed by atoms with Gasteiger partial charge in [-0.15, -0.1) is 0 Å². The van der Waals surface area contributed by atoms with Gasteiger partial charge in [0.25, 0.3) is 6.01 Å². The molecule has 0 saturated carbocycles. The number of benzene rings is 1. The van der Waals surface area contributed by atoms with E-state index in [1.807, 2.05) is 0 Å². The maximum atomic E-state index is 12.9. The van der Waals surface area contributed by atoms with Gasteiger partial charge in [0, 0.05) is 5.69 Å². The van der Waals surface area contributed by atoms with Crippen molar-refractivity contribution in [2.45, 2.75) is 6.42 Å². The predicted molar refractivity (Wildman–Crippen MR) is 62.5 cm³/mol. The first-order valence-corrected chi connectivity index (χ1v) is 5.30. The van der Waals surface area contributed by atoms with E-state index in [1.54, 1.807) is 0 Å². The highest BCUT2D eigenvalue weighted by Gasteiger charge is 2.08. The Labute approximate surface area is 106 Å². The zero-order chi connectivity index (χ0) is 13.1. The molecule has 0 spiro atoms. The first kappa shape index (κ1) is 12.4. The van der Waals surface area contributed by atoms with E-state index in [4.69, 9.17) is 21.1 Å². The van der Waals surface area contributed by atoms with Crippen LogP contribution in [0.2, 0.25) is 5.02 Å². The summed E-state index contributed by atoms with van der Waals surface area (Å²) in [4.78, 5) is 14.4. The molecule has 0 aliphatic rings. The third-order valence-corrected chi connectivity index (χ3v) is 2.34. The summed E-state index contributed by atoms with van der Waals surface area (Å²) >= 11 is 5.61. The summed E-state index contributed by atoms with van der Waals surface area (Å²) in [5, 5.41) is 11.3. The van der Waals surface area contributed by atoms with Gasteiger partial charge in [-0.3, -0.25) is 4.79 Å². The van der Waals surface area contributed by atoms with Crippen LogP contribution in [0, 0.1) is 5.82 Å². The lowest BCUT2D eigenvalue weighted by atomic mass is 10.3. The minimum Gasteiger partial charge on any atom is -0.481 e. The molecule has 2 aromatic rings. The second kappa shape index (κ2) is 5.05. The Morgan fingerprint density at radius 3 is 3.00 bits per heavy atom. The summed E-state index contributed by atoms with van der Waals surface area (Å²) < 4.78 is 17.9. The Balaban J connectivity index is 2.11. The van der Waals surface area contributed by atoms with Crippen LogP contribution >= 0.6 is 11.6 Å². The van der Waals surface area contributed by atoms with Crippen molar-refractivity contribution in [2.24, 2.45) is 0 Å². The lowest BCUT2D eigenvalue weighted by Gasteiger charge is -2.02. The molecule has 0 aliphatic heterocycles. The third-order valence-electron chi connectivity index (χ3n) is 2.05. The van der Waals surface area contributed by atoms with Crippen LogP contribution in [0.1, 0.15) is 5.69 Å². The zero-order valence-electron chi connectivity index (χ0n) is 8.98. The molecule has 0 bridgehead atoms. The van der Waals surface area contributed by atoms with E-state index in [2.05, 4.69) is 10.3 Å². The molecule has 0 aliphatic carbocycles. The van der Waals surface area contributed by atoms with Gasteiger partial charge in [0.15, 0.2) is 0 Å². The summed E-state index contributed by atoms with van der Waals surface area (Å²) in [6, 6.07) is 4.15. The summed E-state index contributed by atoms with van der Waals surface area (Å²) in [7, 11) is 0. The topological polar surface area (TPSA) is 75.4 Å². The molecule has 94 valence electrons. The molecule has 1 aromatic carbocycles. The number of aromatic nitrogens is 1. The maximum Gasteiger partial charge on any atom is 0.309 e. The number of aliphatic carboxylic acids is 1. The Morgan fingerprint density at radius 1 is 1.56 bits per heavy atom. The molecule has 2 rings (SSSR count). The van der Waals surface area contributed by atoms with Crippen molar-refractivity contribution in [1.82, 2.24) is 4.98 Å². The molecule has 0 saturated heterocycles. The Morgan fingerprint density at radius 2 is 2.33 bits per heavy atom. The van der Waals surface area contributed by atoms with E-state index >= 15 is 0 Å². The highest BCUT2D eigenvalue weighted by Crippen LogP contribution is 2.22. The maximum absolute atomic E-state index is 12.9. The number of rotatable bonds is 4. The lowest BCUT2D eigenvalue weighted by molar-refractivity contribution is -0.136. The highest BCUT2D eigenvalue weighted by molar-refractivity contribution is 6.31. The second-order valence-electron chi connectivity index (χ2n) is 3.47.